The first-order valence-corrected chi connectivity index (χ1v) is 35.1. The van der Waals surface area contributed by atoms with Crippen molar-refractivity contribution in [1.29, 1.82) is 0 Å². The Morgan fingerprint density at radius 3 is 0.766 bits per heavy atom. The third-order valence-corrected chi connectivity index (χ3v) is 20.0. The summed E-state index contributed by atoms with van der Waals surface area (Å²) in [7, 11) is 6.54. The van der Waals surface area contributed by atoms with E-state index in [0.717, 1.165) is 0 Å². The number of hydrogen-bond donors (Lipinski definition) is 18. The lowest BCUT2D eigenvalue weighted by Gasteiger charge is -2.30. The lowest BCUT2D eigenvalue weighted by Crippen LogP contribution is -2.48. The van der Waals surface area contributed by atoms with Gasteiger partial charge in [-0.3, -0.25) is 0 Å². The molecule has 18 N–H and O–H groups in total. The molecule has 45 heteroatoms. The molecule has 0 aliphatic carbocycles. The Morgan fingerprint density at radius 1 is 0.196 bits per heavy atom. The molecule has 0 saturated carbocycles. The van der Waals surface area contributed by atoms with Crippen LogP contribution in [0.15, 0.2) is 0 Å². The molecule has 11 fully saturated rings. The van der Waals surface area contributed by atoms with Crippen LogP contribution in [-0.4, -0.2) is 471 Å². The van der Waals surface area contributed by atoms with Crippen LogP contribution in [0.25, 0.3) is 0 Å². The Balaban J connectivity index is 0.761. The molecule has 0 aromatic heterocycles. The van der Waals surface area contributed by atoms with Gasteiger partial charge in [0.1, 0.15) is 195 Å². The number of hydrogen-bond acceptors (Lipinski definition) is 45. The third-order valence-electron chi connectivity index (χ3n) is 20.0. The van der Waals surface area contributed by atoms with Gasteiger partial charge in [0.25, 0.3) is 0 Å². The molecule has 107 heavy (non-hydrogen) atoms. The van der Waals surface area contributed by atoms with E-state index >= 15 is 0 Å². The Hall–Kier alpha value is -1.80. The van der Waals surface area contributed by atoms with Crippen molar-refractivity contribution in [3.05, 3.63) is 0 Å². The summed E-state index contributed by atoms with van der Waals surface area (Å²) in [6.07, 6.45) is -67.6. The fourth-order valence-electron chi connectivity index (χ4n) is 14.0. The second kappa shape index (κ2) is 38.8. The number of rotatable bonds is 38. The molecule has 0 bridgehead atoms. The van der Waals surface area contributed by atoms with Gasteiger partial charge >= 0.3 is 0 Å². The van der Waals surface area contributed by atoms with Gasteiger partial charge < -0.3 is 220 Å². The van der Waals surface area contributed by atoms with Gasteiger partial charge in [0.05, 0.1) is 66.1 Å². The second-order valence-electron chi connectivity index (χ2n) is 27.5. The highest BCUT2D eigenvalue weighted by Gasteiger charge is 2.60. The summed E-state index contributed by atoms with van der Waals surface area (Å²) in [5.74, 6) is 0. The van der Waals surface area contributed by atoms with Crippen LogP contribution in [0.5, 0.6) is 0 Å². The van der Waals surface area contributed by atoms with Gasteiger partial charge in [-0.25, -0.2) is 0 Å². The number of methoxy groups -OCH3 is 5. The smallest absolute Gasteiger partial charge is 0.189 e. The molecule has 0 aromatic rings. The minimum absolute atomic E-state index is 0.145. The van der Waals surface area contributed by atoms with Crippen LogP contribution in [0.2, 0.25) is 0 Å². The van der Waals surface area contributed by atoms with E-state index in [0.29, 0.717) is 6.42 Å². The van der Waals surface area contributed by atoms with Crippen molar-refractivity contribution in [2.24, 2.45) is 0 Å². The summed E-state index contributed by atoms with van der Waals surface area (Å²) in [6.45, 7) is -2.47. The lowest BCUT2D eigenvalue weighted by atomic mass is 10.1. The summed E-state index contributed by atoms with van der Waals surface area (Å²) in [5.41, 5.74) is 0. The molecule has 11 unspecified atom stereocenters. The highest BCUT2D eigenvalue weighted by atomic mass is 16.8. The van der Waals surface area contributed by atoms with Crippen molar-refractivity contribution in [3.8, 4) is 0 Å². The minimum atomic E-state index is -1.90. The van der Waals surface area contributed by atoms with Crippen LogP contribution in [0, 0.1) is 0 Å². The molecule has 0 aromatic carbocycles. The average Bonchev–Trinajstić information content (AvgIpc) is 1.64. The van der Waals surface area contributed by atoms with Crippen molar-refractivity contribution in [1.82, 2.24) is 0 Å². The monoisotopic (exact) mass is 1570 g/mol. The molecule has 11 saturated heterocycles. The molecule has 44 atom stereocenters. The first-order chi connectivity index (χ1) is 51.2. The van der Waals surface area contributed by atoms with Crippen molar-refractivity contribution in [2.45, 2.75) is 284 Å². The van der Waals surface area contributed by atoms with Crippen LogP contribution in [0.4, 0.5) is 0 Å². The molecular weight excluding hydrogens is 1460 g/mol. The van der Waals surface area contributed by atoms with E-state index in [1.54, 1.807) is 0 Å². The van der Waals surface area contributed by atoms with Crippen LogP contribution in [0.1, 0.15) is 13.3 Å². The predicted octanol–water partition coefficient (Wildman–Crippen LogP) is -13.3. The number of ether oxygens (including phenoxy) is 27. The Bertz CT molecular complexity index is 2640. The molecule has 11 aliphatic heterocycles. The molecule has 0 spiro atoms. The van der Waals surface area contributed by atoms with Gasteiger partial charge in [-0.15, -0.1) is 0 Å². The predicted molar refractivity (Wildman–Crippen MR) is 329 cm³/mol. The van der Waals surface area contributed by atoms with Crippen molar-refractivity contribution < 1.29 is 220 Å². The van der Waals surface area contributed by atoms with E-state index in [2.05, 4.69) is 0 Å². The van der Waals surface area contributed by atoms with Crippen LogP contribution >= 0.6 is 0 Å². The standard InChI is InChI=1S/C62H104O45/c1-7-8-86-52-37(71)31(65)23(93-52)13-87-53-38(72)32(66)24(94-53)14-89-56-45(79)47(103-58-42(76)34(68)26(98-58)16-88-55-44(78)43(77)51(85-6)107-55)27(101-56)17-91-54-39(73)33(67)25(95-54)15-90-57-46(80)48(104-62-50(36(70)22(100-62)12-84-5)106-60-41(75)30(64)20(97-60)10-82-3)28(102-57)18-92-61-49(35(69)21(99-61)11-83-4)105-59-40(74)29(63)19(96-59)9-81-2/h19-80H,7-18H2,1-6H3/t19-,20-,21-,22-,23-,24-,25-,26-,27-,28-,29+,30+,31+,32+,33+,34+,35+,36+,37?,38?,39?,40?,41?,42?,43-,44?,45?,46?,47+,48+,49?,50?,51+,52+,53+,54+,55+,56+,57+,58+,59+,60+,61+,62+/m1/s1. The topological polar surface area (TPSA) is 613 Å². The molecule has 11 rings (SSSR count). The third kappa shape index (κ3) is 19.2. The highest BCUT2D eigenvalue weighted by Crippen LogP contribution is 2.40. The van der Waals surface area contributed by atoms with E-state index in [-0.39, 0.29) is 33.0 Å². The van der Waals surface area contributed by atoms with Gasteiger partial charge in [0, 0.05) is 42.2 Å². The summed E-state index contributed by atoms with van der Waals surface area (Å²) >= 11 is 0. The van der Waals surface area contributed by atoms with E-state index in [1.807, 2.05) is 6.92 Å². The van der Waals surface area contributed by atoms with Crippen molar-refractivity contribution in [3.63, 3.8) is 0 Å². The van der Waals surface area contributed by atoms with E-state index in [9.17, 15) is 91.9 Å². The summed E-state index contributed by atoms with van der Waals surface area (Å²) in [5, 5.41) is 199. The van der Waals surface area contributed by atoms with Gasteiger partial charge in [-0.05, 0) is 6.42 Å². The molecular formula is C62H104O45. The van der Waals surface area contributed by atoms with Crippen molar-refractivity contribution in [2.75, 3.05) is 108 Å². The normalized spacial score (nSPS) is 50.7. The Morgan fingerprint density at radius 2 is 0.421 bits per heavy atom. The van der Waals surface area contributed by atoms with Gasteiger partial charge in [0.2, 0.25) is 0 Å². The summed E-state index contributed by atoms with van der Waals surface area (Å²) < 4.78 is 155. The largest absolute Gasteiger partial charge is 0.387 e. The van der Waals surface area contributed by atoms with E-state index in [4.69, 9.17) is 128 Å². The average molecular weight is 1570 g/mol. The van der Waals surface area contributed by atoms with Crippen LogP contribution in [-0.2, 0) is 128 Å². The minimum Gasteiger partial charge on any atom is -0.387 e. The Labute approximate surface area is 610 Å². The quantitative estimate of drug-likeness (QED) is 0.0273. The Kier molecular flexibility index (Phi) is 31.2. The van der Waals surface area contributed by atoms with Crippen LogP contribution < -0.4 is 0 Å². The molecule has 11 heterocycles. The zero-order valence-corrected chi connectivity index (χ0v) is 59.0. The first-order valence-electron chi connectivity index (χ1n) is 35.1. The zero-order valence-electron chi connectivity index (χ0n) is 59.0. The molecule has 0 amide bonds. The number of aliphatic hydroxyl groups is 18. The summed E-state index contributed by atoms with van der Waals surface area (Å²) in [6, 6.07) is 0. The second-order valence-corrected chi connectivity index (χ2v) is 27.5. The summed E-state index contributed by atoms with van der Waals surface area (Å²) in [4.78, 5) is 0. The van der Waals surface area contributed by atoms with Crippen LogP contribution in [0.3, 0.4) is 0 Å². The maximum Gasteiger partial charge on any atom is 0.189 e. The highest BCUT2D eigenvalue weighted by molar-refractivity contribution is 5.00. The first kappa shape index (κ1) is 86.1. The number of aliphatic hydroxyl groups excluding tert-OH is 18. The maximum absolute atomic E-state index is 12.2. The molecule has 0 radical (unpaired) electrons. The molecule has 45 nitrogen and oxygen atoms in total. The molecule has 622 valence electrons. The lowest BCUT2D eigenvalue weighted by molar-refractivity contribution is -0.270. The van der Waals surface area contributed by atoms with Crippen molar-refractivity contribution >= 4 is 0 Å². The zero-order chi connectivity index (χ0) is 77.0. The van der Waals surface area contributed by atoms with E-state index in [1.165, 1.54) is 35.5 Å². The van der Waals surface area contributed by atoms with Gasteiger partial charge in [-0.1, -0.05) is 6.92 Å². The van der Waals surface area contributed by atoms with Gasteiger partial charge in [0.15, 0.2) is 75.5 Å². The fourth-order valence-corrected chi connectivity index (χ4v) is 14.0. The maximum atomic E-state index is 12.2. The fraction of sp³-hybridized carbons (Fsp3) is 1.00. The van der Waals surface area contributed by atoms with Gasteiger partial charge in [-0.2, -0.15) is 0 Å². The SMILES string of the molecule is CCCO[C@H]1O[C@H](CO[C@H]2O[C@H](CO[C@H]3O[C@H](CO[C@H]4O[C@H](CO[C@H]5O[C@H](CO[C@H]6O[C@H](COC)[C@H](O)C6O[C@@H]6O[C@H](COC)[C@H](O)C6O)[C@H](O[C@@H]6O[C@H](COC)[C@H](O)C6O[C@@H]6O[C@H](COC)[C@H](O)C6O)C5O)[C@H](O)C4O)[C@H](O[C@@H]4O[C@H](CO[C@H]5O[C@H](OC)[C@H](O)C5O)[C@H](O)C4O)C3O)[C@H](O)C2O)[C@H](O)C1O. The molecule has 11 aliphatic rings. The van der Waals surface area contributed by atoms with E-state index < -0.39 is 310 Å².